The minimum Gasteiger partial charge on any atom is -0.496 e. The van der Waals surface area contributed by atoms with Gasteiger partial charge < -0.3 is 9.47 Å². The van der Waals surface area contributed by atoms with Gasteiger partial charge in [0.25, 0.3) is 10.1 Å². The predicted octanol–water partition coefficient (Wildman–Crippen LogP) is 7.42. The van der Waals surface area contributed by atoms with Gasteiger partial charge >= 0.3 is 0 Å². The quantitative estimate of drug-likeness (QED) is 0.290. The van der Waals surface area contributed by atoms with Gasteiger partial charge in [-0.15, -0.1) is 0 Å². The van der Waals surface area contributed by atoms with Crippen LogP contribution in [0.2, 0.25) is 0 Å². The standard InChI is InChI=1S/C30H41O5PS/c1-34-26-18-19-27(37(31,32)33)29(35-2)28(26)22-14-16-25(17-15-22)36-21-9-20-30(36,23-10-5-3-6-11-23)24-12-7-4-8-13-24/h14-19,23-24H,3-13,20-21H2,1-2H3,(H,31,32,33). The molecule has 0 spiro atoms. The van der Waals surface area contributed by atoms with Crippen molar-refractivity contribution >= 4 is 23.3 Å². The molecule has 0 amide bonds. The largest absolute Gasteiger partial charge is 0.496 e. The zero-order valence-electron chi connectivity index (χ0n) is 22.2. The monoisotopic (exact) mass is 544 g/mol. The minimum atomic E-state index is -4.44. The molecule has 202 valence electrons. The summed E-state index contributed by atoms with van der Waals surface area (Å²) in [6.45, 7) is 0. The lowest BCUT2D eigenvalue weighted by molar-refractivity contribution is 0.168. The van der Waals surface area contributed by atoms with Crippen LogP contribution < -0.4 is 14.8 Å². The van der Waals surface area contributed by atoms with Gasteiger partial charge in [0.05, 0.1) is 19.8 Å². The van der Waals surface area contributed by atoms with Crippen LogP contribution in [0.4, 0.5) is 0 Å². The number of methoxy groups -OCH3 is 2. The van der Waals surface area contributed by atoms with Crippen LogP contribution >= 0.6 is 7.92 Å². The van der Waals surface area contributed by atoms with Gasteiger partial charge in [0.15, 0.2) is 5.75 Å². The second-order valence-corrected chi connectivity index (χ2v) is 15.2. The molecule has 5 rings (SSSR count). The van der Waals surface area contributed by atoms with Gasteiger partial charge in [0.2, 0.25) is 0 Å². The van der Waals surface area contributed by atoms with E-state index in [2.05, 4.69) is 24.3 Å². The van der Waals surface area contributed by atoms with E-state index in [9.17, 15) is 13.0 Å². The molecule has 7 heteroatoms. The zero-order valence-corrected chi connectivity index (χ0v) is 24.0. The van der Waals surface area contributed by atoms with Crippen LogP contribution in [0, 0.1) is 11.8 Å². The first-order valence-corrected chi connectivity index (χ1v) is 17.0. The van der Waals surface area contributed by atoms with Crippen molar-refractivity contribution in [3.05, 3.63) is 36.4 Å². The Labute approximate surface area is 223 Å². The Morgan fingerprint density at radius 1 is 0.811 bits per heavy atom. The number of hydrogen-bond donors (Lipinski definition) is 1. The summed E-state index contributed by atoms with van der Waals surface area (Å²) in [5, 5.41) is 1.97. The van der Waals surface area contributed by atoms with Crippen molar-refractivity contribution in [1.82, 2.24) is 0 Å². The molecule has 1 aliphatic heterocycles. The Balaban J connectivity index is 1.55. The summed E-state index contributed by atoms with van der Waals surface area (Å²) in [5.74, 6) is 2.36. The number of benzene rings is 2. The Bertz CT molecular complexity index is 1160. The highest BCUT2D eigenvalue weighted by atomic mass is 32.2. The summed E-state index contributed by atoms with van der Waals surface area (Å²) in [6.07, 6.45) is 18.1. The van der Waals surface area contributed by atoms with E-state index in [1.54, 1.807) is 13.2 Å². The predicted molar refractivity (Wildman–Crippen MR) is 151 cm³/mol. The summed E-state index contributed by atoms with van der Waals surface area (Å²) >= 11 is 0. The maximum atomic E-state index is 12.0. The van der Waals surface area contributed by atoms with E-state index >= 15 is 0 Å². The van der Waals surface area contributed by atoms with Crippen LogP contribution in [0.1, 0.15) is 77.0 Å². The highest BCUT2D eigenvalue weighted by Gasteiger charge is 2.53. The highest BCUT2D eigenvalue weighted by molar-refractivity contribution is 7.86. The highest BCUT2D eigenvalue weighted by Crippen LogP contribution is 2.68. The van der Waals surface area contributed by atoms with Gasteiger partial charge in [-0.25, -0.2) is 0 Å². The molecule has 37 heavy (non-hydrogen) atoms. The molecule has 0 radical (unpaired) electrons. The van der Waals surface area contributed by atoms with E-state index < -0.39 is 10.1 Å². The first kappa shape index (κ1) is 27.0. The van der Waals surface area contributed by atoms with Gasteiger partial charge in [-0.05, 0) is 79.5 Å². The van der Waals surface area contributed by atoms with Crippen molar-refractivity contribution in [3.63, 3.8) is 0 Å². The van der Waals surface area contributed by atoms with Crippen LogP contribution in [0.3, 0.4) is 0 Å². The van der Waals surface area contributed by atoms with Gasteiger partial charge in [-0.1, -0.05) is 70.7 Å². The Morgan fingerprint density at radius 3 is 1.92 bits per heavy atom. The molecule has 3 aliphatic rings. The Hall–Kier alpha value is -1.62. The summed E-state index contributed by atoms with van der Waals surface area (Å²) in [6, 6.07) is 11.7. The van der Waals surface area contributed by atoms with Crippen LogP contribution in [0.25, 0.3) is 11.1 Å². The van der Waals surface area contributed by atoms with E-state index in [4.69, 9.17) is 9.47 Å². The fourth-order valence-corrected chi connectivity index (χ4v) is 12.4. The van der Waals surface area contributed by atoms with Crippen molar-refractivity contribution < 1.29 is 22.4 Å². The molecule has 1 heterocycles. The van der Waals surface area contributed by atoms with Gasteiger partial charge in [-0.3, -0.25) is 4.55 Å². The number of hydrogen-bond acceptors (Lipinski definition) is 4. The fraction of sp³-hybridized carbons (Fsp3) is 0.600. The normalized spacial score (nSPS) is 23.2. The molecule has 1 N–H and O–H groups in total. The maximum absolute atomic E-state index is 12.0. The summed E-state index contributed by atoms with van der Waals surface area (Å²) in [7, 11) is -1.72. The van der Waals surface area contributed by atoms with Crippen molar-refractivity contribution in [2.24, 2.45) is 11.8 Å². The van der Waals surface area contributed by atoms with E-state index in [0.717, 1.165) is 17.4 Å². The summed E-state index contributed by atoms with van der Waals surface area (Å²) in [5.41, 5.74) is 1.38. The minimum absolute atomic E-state index is 0.111. The molecule has 2 saturated carbocycles. The molecule has 3 fully saturated rings. The molecular formula is C30H41O5PS. The summed E-state index contributed by atoms with van der Waals surface area (Å²) < 4.78 is 44.9. The maximum Gasteiger partial charge on any atom is 0.298 e. The lowest BCUT2D eigenvalue weighted by Crippen LogP contribution is -2.45. The molecule has 0 aromatic heterocycles. The van der Waals surface area contributed by atoms with Crippen molar-refractivity contribution in [1.29, 1.82) is 0 Å². The third-order valence-electron chi connectivity index (χ3n) is 9.34. The van der Waals surface area contributed by atoms with Gasteiger partial charge in [-0.2, -0.15) is 8.42 Å². The topological polar surface area (TPSA) is 72.8 Å². The van der Waals surface area contributed by atoms with Crippen molar-refractivity contribution in [2.45, 2.75) is 87.1 Å². The lowest BCUT2D eigenvalue weighted by atomic mass is 9.67. The molecule has 5 nitrogen and oxygen atoms in total. The average molecular weight is 545 g/mol. The van der Waals surface area contributed by atoms with Gasteiger partial charge in [0, 0.05) is 5.16 Å². The van der Waals surface area contributed by atoms with Crippen LogP contribution in [-0.2, 0) is 10.1 Å². The van der Waals surface area contributed by atoms with Crippen LogP contribution in [-0.4, -0.2) is 38.5 Å². The zero-order chi connectivity index (χ0) is 26.0. The number of rotatable bonds is 7. The molecule has 2 aromatic rings. The fourth-order valence-electron chi connectivity index (χ4n) is 7.82. The second-order valence-electron chi connectivity index (χ2n) is 11.1. The third kappa shape index (κ3) is 5.06. The molecule has 2 aromatic carbocycles. The first-order valence-electron chi connectivity index (χ1n) is 14.0. The van der Waals surface area contributed by atoms with E-state index in [1.165, 1.54) is 102 Å². The second kappa shape index (κ2) is 11.2. The van der Waals surface area contributed by atoms with E-state index in [-0.39, 0.29) is 18.6 Å². The Morgan fingerprint density at radius 2 is 1.41 bits per heavy atom. The average Bonchev–Trinajstić information content (AvgIpc) is 3.39. The summed E-state index contributed by atoms with van der Waals surface area (Å²) in [4.78, 5) is -0.247. The van der Waals surface area contributed by atoms with Crippen molar-refractivity contribution in [3.8, 4) is 22.6 Å². The Kier molecular flexibility index (Phi) is 8.19. The van der Waals surface area contributed by atoms with Gasteiger partial charge in [0.1, 0.15) is 10.6 Å². The molecule has 1 atom stereocenters. The molecule has 1 saturated heterocycles. The van der Waals surface area contributed by atoms with Crippen LogP contribution in [0.15, 0.2) is 41.3 Å². The first-order chi connectivity index (χ1) is 17.9. The SMILES string of the molecule is COc1ccc(S(=O)(=O)O)c(OC)c1-c1ccc(P2CCCC2(C2CCCCC2)C2CCCCC2)cc1. The van der Waals surface area contributed by atoms with E-state index in [0.29, 0.717) is 16.5 Å². The molecular weight excluding hydrogens is 503 g/mol. The lowest BCUT2D eigenvalue weighted by Gasteiger charge is -2.51. The van der Waals surface area contributed by atoms with E-state index in [1.807, 2.05) is 0 Å². The van der Waals surface area contributed by atoms with Crippen LogP contribution in [0.5, 0.6) is 11.5 Å². The smallest absolute Gasteiger partial charge is 0.298 e. The van der Waals surface area contributed by atoms with Crippen molar-refractivity contribution in [2.75, 3.05) is 20.4 Å². The number of ether oxygens (including phenoxy) is 2. The third-order valence-corrected chi connectivity index (χ3v) is 13.9. The molecule has 0 bridgehead atoms. The molecule has 2 aliphatic carbocycles. The molecule has 1 unspecified atom stereocenters.